The number of hydrogen-bond donors (Lipinski definition) is 3. The van der Waals surface area contributed by atoms with Gasteiger partial charge in [0.1, 0.15) is 0 Å². The Hall–Kier alpha value is -2.58. The van der Waals surface area contributed by atoms with Gasteiger partial charge in [0.15, 0.2) is 0 Å². The lowest BCUT2D eigenvalue weighted by Gasteiger charge is -2.10. The van der Waals surface area contributed by atoms with E-state index in [1.54, 1.807) is 7.05 Å². The van der Waals surface area contributed by atoms with Crippen molar-refractivity contribution < 1.29 is 13.2 Å². The molecule has 0 aliphatic rings. The Kier molecular flexibility index (Phi) is 3.59. The van der Waals surface area contributed by atoms with E-state index in [1.165, 1.54) is 12.1 Å². The maximum Gasteiger partial charge on any atom is 0.416 e. The molecular weight excluding hydrogens is 273 g/mol. The van der Waals surface area contributed by atoms with Crippen LogP contribution >= 0.6 is 0 Å². The number of nitrogens with two attached hydrogens (primary N) is 1. The second-order valence-corrected chi connectivity index (χ2v) is 3.79. The highest BCUT2D eigenvalue weighted by Crippen LogP contribution is 2.31. The zero-order valence-corrected chi connectivity index (χ0v) is 10.4. The van der Waals surface area contributed by atoms with E-state index in [4.69, 9.17) is 5.73 Å². The summed E-state index contributed by atoms with van der Waals surface area (Å²) >= 11 is 0. The summed E-state index contributed by atoms with van der Waals surface area (Å²) in [6, 6.07) is 4.69. The van der Waals surface area contributed by atoms with Crippen molar-refractivity contribution in [3.05, 3.63) is 29.8 Å². The third-order valence-corrected chi connectivity index (χ3v) is 2.32. The highest BCUT2D eigenvalue weighted by atomic mass is 19.4. The van der Waals surface area contributed by atoms with Crippen molar-refractivity contribution in [2.24, 2.45) is 0 Å². The summed E-state index contributed by atoms with van der Waals surface area (Å²) in [5, 5.41) is 5.32. The zero-order valence-electron chi connectivity index (χ0n) is 10.4. The number of nitrogen functional groups attached to an aromatic ring is 1. The molecule has 4 N–H and O–H groups in total. The van der Waals surface area contributed by atoms with Crippen LogP contribution in [0.5, 0.6) is 0 Å². The number of benzene rings is 1. The summed E-state index contributed by atoms with van der Waals surface area (Å²) < 4.78 is 37.8. The molecule has 6 nitrogen and oxygen atoms in total. The van der Waals surface area contributed by atoms with E-state index in [1.807, 2.05) is 0 Å². The van der Waals surface area contributed by atoms with Crippen LogP contribution in [-0.4, -0.2) is 22.0 Å². The summed E-state index contributed by atoms with van der Waals surface area (Å²) in [5.41, 5.74) is 4.90. The molecule has 0 amide bonds. The molecule has 1 aromatic heterocycles. The highest BCUT2D eigenvalue weighted by molar-refractivity contribution is 5.56. The van der Waals surface area contributed by atoms with E-state index < -0.39 is 11.7 Å². The first-order valence-electron chi connectivity index (χ1n) is 5.52. The number of rotatable bonds is 3. The predicted molar refractivity (Wildman–Crippen MR) is 68.5 cm³/mol. The fourth-order valence-corrected chi connectivity index (χ4v) is 1.46. The second kappa shape index (κ2) is 5.19. The normalized spacial score (nSPS) is 11.2. The number of halogens is 3. The Morgan fingerprint density at radius 1 is 1.10 bits per heavy atom. The lowest BCUT2D eigenvalue weighted by molar-refractivity contribution is -0.137. The average molecular weight is 284 g/mol. The van der Waals surface area contributed by atoms with Gasteiger partial charge in [-0.3, -0.25) is 0 Å². The lowest BCUT2D eigenvalue weighted by atomic mass is 10.2. The molecule has 20 heavy (non-hydrogen) atoms. The minimum absolute atomic E-state index is 0.0428. The Balaban J connectivity index is 2.28. The van der Waals surface area contributed by atoms with Gasteiger partial charge in [0, 0.05) is 12.7 Å². The maximum atomic E-state index is 12.6. The van der Waals surface area contributed by atoms with Gasteiger partial charge in [-0.1, -0.05) is 6.07 Å². The van der Waals surface area contributed by atoms with Crippen molar-refractivity contribution in [1.29, 1.82) is 0 Å². The third-order valence-electron chi connectivity index (χ3n) is 2.32. The topological polar surface area (TPSA) is 88.8 Å². The smallest absolute Gasteiger partial charge is 0.368 e. The number of aromatic nitrogens is 3. The van der Waals surface area contributed by atoms with E-state index in [-0.39, 0.29) is 23.5 Å². The van der Waals surface area contributed by atoms with Crippen LogP contribution in [0.2, 0.25) is 0 Å². The summed E-state index contributed by atoms with van der Waals surface area (Å²) in [5.74, 6) is 0.229. The van der Waals surface area contributed by atoms with Crippen molar-refractivity contribution in [2.45, 2.75) is 6.18 Å². The number of nitrogens with zero attached hydrogens (tertiary/aromatic N) is 3. The van der Waals surface area contributed by atoms with Gasteiger partial charge >= 0.3 is 6.18 Å². The van der Waals surface area contributed by atoms with Crippen molar-refractivity contribution >= 4 is 23.5 Å². The minimum Gasteiger partial charge on any atom is -0.368 e. The molecule has 0 unspecified atom stereocenters. The van der Waals surface area contributed by atoms with Crippen molar-refractivity contribution in [3.63, 3.8) is 0 Å². The molecule has 2 aromatic rings. The first-order chi connectivity index (χ1) is 9.38. The molecule has 1 aromatic carbocycles. The van der Waals surface area contributed by atoms with Crippen LogP contribution in [0.4, 0.5) is 36.7 Å². The van der Waals surface area contributed by atoms with Crippen molar-refractivity contribution in [2.75, 3.05) is 23.4 Å². The average Bonchev–Trinajstić information content (AvgIpc) is 2.37. The molecule has 0 saturated heterocycles. The first kappa shape index (κ1) is 13.8. The summed E-state index contributed by atoms with van der Waals surface area (Å²) in [6.07, 6.45) is -4.41. The molecule has 1 heterocycles. The highest BCUT2D eigenvalue weighted by Gasteiger charge is 2.30. The molecule has 106 valence electrons. The second-order valence-electron chi connectivity index (χ2n) is 3.79. The molecule has 0 fully saturated rings. The molecular formula is C11H11F3N6. The largest absolute Gasteiger partial charge is 0.416 e. The quantitative estimate of drug-likeness (QED) is 0.801. The SMILES string of the molecule is CNc1nc(N)nc(Nc2cccc(C(F)(F)F)c2)n1. The summed E-state index contributed by atoms with van der Waals surface area (Å²) in [7, 11) is 1.59. The molecule has 0 aliphatic carbocycles. The van der Waals surface area contributed by atoms with Gasteiger partial charge in [0.05, 0.1) is 5.56 Å². The fourth-order valence-electron chi connectivity index (χ4n) is 1.46. The van der Waals surface area contributed by atoms with E-state index in [0.29, 0.717) is 0 Å². The van der Waals surface area contributed by atoms with Crippen LogP contribution in [0.1, 0.15) is 5.56 Å². The van der Waals surface area contributed by atoms with Crippen molar-refractivity contribution in [3.8, 4) is 0 Å². The molecule has 0 atom stereocenters. The van der Waals surface area contributed by atoms with Gasteiger partial charge < -0.3 is 16.4 Å². The predicted octanol–water partition coefficient (Wildman–Crippen LogP) is 2.26. The van der Waals surface area contributed by atoms with Gasteiger partial charge in [-0.2, -0.15) is 28.1 Å². The van der Waals surface area contributed by atoms with E-state index in [0.717, 1.165) is 12.1 Å². The third kappa shape index (κ3) is 3.25. The summed E-state index contributed by atoms with van der Waals surface area (Å²) in [6.45, 7) is 0. The Morgan fingerprint density at radius 3 is 2.45 bits per heavy atom. The number of alkyl halides is 3. The van der Waals surface area contributed by atoms with Crippen molar-refractivity contribution in [1.82, 2.24) is 15.0 Å². The Labute approximate surface area is 112 Å². The standard InChI is InChI=1S/C11H11F3N6/c1-16-9-18-8(15)19-10(20-9)17-7-4-2-3-6(5-7)11(12,13)14/h2-5H,1H3,(H4,15,16,17,18,19,20). The van der Waals surface area contributed by atoms with Crippen LogP contribution in [-0.2, 0) is 6.18 Å². The van der Waals surface area contributed by atoms with Gasteiger partial charge in [-0.15, -0.1) is 0 Å². The lowest BCUT2D eigenvalue weighted by Crippen LogP contribution is -2.08. The van der Waals surface area contributed by atoms with Crippen LogP contribution in [0, 0.1) is 0 Å². The monoisotopic (exact) mass is 284 g/mol. The molecule has 0 bridgehead atoms. The molecule has 0 spiro atoms. The molecule has 0 radical (unpaired) electrons. The van der Waals surface area contributed by atoms with Gasteiger partial charge in [0.25, 0.3) is 0 Å². The first-order valence-corrected chi connectivity index (χ1v) is 5.52. The van der Waals surface area contributed by atoms with Crippen LogP contribution in [0.25, 0.3) is 0 Å². The minimum atomic E-state index is -4.41. The van der Waals surface area contributed by atoms with Gasteiger partial charge in [-0.25, -0.2) is 0 Å². The maximum absolute atomic E-state index is 12.6. The van der Waals surface area contributed by atoms with Gasteiger partial charge in [0.2, 0.25) is 17.8 Å². The molecule has 2 rings (SSSR count). The molecule has 9 heteroatoms. The number of hydrogen-bond acceptors (Lipinski definition) is 6. The number of nitrogens with one attached hydrogen (secondary N) is 2. The Morgan fingerprint density at radius 2 is 1.80 bits per heavy atom. The van der Waals surface area contributed by atoms with Crippen LogP contribution < -0.4 is 16.4 Å². The molecule has 0 aliphatic heterocycles. The van der Waals surface area contributed by atoms with Crippen LogP contribution in [0.15, 0.2) is 24.3 Å². The fraction of sp³-hybridized carbons (Fsp3) is 0.182. The van der Waals surface area contributed by atoms with Gasteiger partial charge in [-0.05, 0) is 18.2 Å². The van der Waals surface area contributed by atoms with E-state index in [2.05, 4.69) is 25.6 Å². The van der Waals surface area contributed by atoms with Crippen LogP contribution in [0.3, 0.4) is 0 Å². The molecule has 0 saturated carbocycles. The Bertz CT molecular complexity index is 613. The van der Waals surface area contributed by atoms with E-state index in [9.17, 15) is 13.2 Å². The number of anilines is 4. The zero-order chi connectivity index (χ0) is 14.8. The van der Waals surface area contributed by atoms with E-state index >= 15 is 0 Å². The summed E-state index contributed by atoms with van der Waals surface area (Å²) in [4.78, 5) is 11.5.